The lowest BCUT2D eigenvalue weighted by Gasteiger charge is -2.23. The van der Waals surface area contributed by atoms with Crippen LogP contribution in [0.25, 0.3) is 5.76 Å². The Morgan fingerprint density at radius 2 is 1.83 bits per heavy atom. The molecule has 0 aliphatic carbocycles. The normalized spacial score (nSPS) is 17.6. The van der Waals surface area contributed by atoms with Crippen LogP contribution in [0.5, 0.6) is 17.2 Å². The van der Waals surface area contributed by atoms with E-state index in [0.717, 1.165) is 5.56 Å². The van der Waals surface area contributed by atoms with Crippen molar-refractivity contribution in [3.63, 3.8) is 0 Å². The molecular formula is C30H25N3O6S2. The van der Waals surface area contributed by atoms with Gasteiger partial charge in [0.2, 0.25) is 5.13 Å². The van der Waals surface area contributed by atoms with E-state index in [0.29, 0.717) is 58.3 Å². The summed E-state index contributed by atoms with van der Waals surface area (Å²) in [5.41, 5.74) is 1.98. The zero-order valence-corrected chi connectivity index (χ0v) is 23.6. The highest BCUT2D eigenvalue weighted by Crippen LogP contribution is 2.45. The highest BCUT2D eigenvalue weighted by Gasteiger charge is 2.48. The number of ether oxygens (including phenoxy) is 3. The van der Waals surface area contributed by atoms with E-state index >= 15 is 0 Å². The number of aromatic nitrogens is 2. The number of fused-ring (bicyclic) bond motifs is 1. The van der Waals surface area contributed by atoms with Gasteiger partial charge >= 0.3 is 5.91 Å². The number of hydrogen-bond acceptors (Lipinski definition) is 10. The minimum atomic E-state index is -0.955. The quantitative estimate of drug-likeness (QED) is 0.0922. The first-order valence-electron chi connectivity index (χ1n) is 13.0. The Hall–Kier alpha value is -4.35. The second-order valence-corrected chi connectivity index (χ2v) is 11.3. The van der Waals surface area contributed by atoms with Crippen LogP contribution in [0.3, 0.4) is 0 Å². The average molecular weight is 588 g/mol. The molecule has 1 amide bonds. The number of Topliss-reactive ketones (excluding diaryl/α,β-unsaturated/α-hetero) is 1. The van der Waals surface area contributed by atoms with Crippen LogP contribution in [0.2, 0.25) is 0 Å². The maximum absolute atomic E-state index is 13.6. The first kappa shape index (κ1) is 26.9. The van der Waals surface area contributed by atoms with E-state index < -0.39 is 17.7 Å². The van der Waals surface area contributed by atoms with E-state index in [1.807, 2.05) is 37.3 Å². The summed E-state index contributed by atoms with van der Waals surface area (Å²) < 4.78 is 17.6. The highest BCUT2D eigenvalue weighted by atomic mass is 32.2. The molecule has 1 fully saturated rings. The number of hydrogen-bond donors (Lipinski definition) is 1. The van der Waals surface area contributed by atoms with Gasteiger partial charge in [0.15, 0.2) is 15.8 Å². The van der Waals surface area contributed by atoms with Crippen molar-refractivity contribution in [3.8, 4) is 17.2 Å². The SMILES string of the molecule is CCOc1cccc([C@H]2/C(=C(\O)c3ccc4c(c3)OCCO4)C(=O)C(=O)N2c2nnc(SCc3ccccc3)s2)c1. The van der Waals surface area contributed by atoms with E-state index in [2.05, 4.69) is 10.2 Å². The first-order valence-corrected chi connectivity index (χ1v) is 14.8. The van der Waals surface area contributed by atoms with Crippen LogP contribution in [0.4, 0.5) is 5.13 Å². The third-order valence-corrected chi connectivity index (χ3v) is 8.68. The van der Waals surface area contributed by atoms with Crippen LogP contribution >= 0.6 is 23.1 Å². The molecule has 1 atom stereocenters. The second kappa shape index (κ2) is 11.6. The Labute approximate surface area is 244 Å². The molecule has 2 aliphatic heterocycles. The Morgan fingerprint density at radius 3 is 2.63 bits per heavy atom. The average Bonchev–Trinajstić information content (AvgIpc) is 3.58. The minimum absolute atomic E-state index is 0.0611. The predicted octanol–water partition coefficient (Wildman–Crippen LogP) is 5.63. The van der Waals surface area contributed by atoms with Gasteiger partial charge < -0.3 is 19.3 Å². The van der Waals surface area contributed by atoms with Crippen molar-refractivity contribution < 1.29 is 28.9 Å². The number of carbonyl (C=O) groups is 2. The standard InChI is InChI=1S/C30H25N3O6S2/c1-2-37-21-10-6-9-19(15-21)25-24(26(34)20-11-12-22-23(16-20)39-14-13-38-22)27(35)28(36)33(25)29-31-32-30(41-29)40-17-18-7-4-3-5-8-18/h3-12,15-16,25,34H,2,13-14,17H2,1H3/b26-24+/t25-/m0/s1. The van der Waals surface area contributed by atoms with Crippen molar-refractivity contribution in [2.45, 2.75) is 23.1 Å². The molecule has 6 rings (SSSR count). The van der Waals surface area contributed by atoms with Crippen molar-refractivity contribution >= 4 is 45.7 Å². The van der Waals surface area contributed by atoms with E-state index in [4.69, 9.17) is 14.2 Å². The molecule has 0 radical (unpaired) electrons. The van der Waals surface area contributed by atoms with E-state index in [9.17, 15) is 14.7 Å². The first-order chi connectivity index (χ1) is 20.0. The van der Waals surface area contributed by atoms with Gasteiger partial charge in [-0.3, -0.25) is 14.5 Å². The van der Waals surface area contributed by atoms with Gasteiger partial charge in [-0.25, -0.2) is 0 Å². The highest BCUT2D eigenvalue weighted by molar-refractivity contribution is 8.00. The number of ketones is 1. The number of rotatable bonds is 8. The van der Waals surface area contributed by atoms with Gasteiger partial charge in [-0.1, -0.05) is 65.6 Å². The number of benzene rings is 3. The predicted molar refractivity (Wildman–Crippen MR) is 156 cm³/mol. The molecule has 2 aliphatic rings. The summed E-state index contributed by atoms with van der Waals surface area (Å²) in [4.78, 5) is 28.4. The Balaban J connectivity index is 1.41. The fraction of sp³-hybridized carbons (Fsp3) is 0.200. The lowest BCUT2D eigenvalue weighted by molar-refractivity contribution is -0.132. The zero-order chi connectivity index (χ0) is 28.3. The third-order valence-electron chi connectivity index (χ3n) is 6.55. The van der Waals surface area contributed by atoms with Crippen LogP contribution in [0, 0.1) is 0 Å². The summed E-state index contributed by atoms with van der Waals surface area (Å²) in [7, 11) is 0. The molecular weight excluding hydrogens is 562 g/mol. The second-order valence-electron chi connectivity index (χ2n) is 9.16. The summed E-state index contributed by atoms with van der Waals surface area (Å²) in [6, 6.07) is 21.0. The van der Waals surface area contributed by atoms with E-state index in [-0.39, 0.29) is 16.5 Å². The summed E-state index contributed by atoms with van der Waals surface area (Å²) in [5.74, 6) is 0.309. The molecule has 1 N–H and O–H groups in total. The fourth-order valence-electron chi connectivity index (χ4n) is 4.71. The van der Waals surface area contributed by atoms with Gasteiger partial charge in [0.25, 0.3) is 5.78 Å². The van der Waals surface area contributed by atoms with Gasteiger partial charge in [0.1, 0.15) is 24.7 Å². The molecule has 3 heterocycles. The number of carbonyl (C=O) groups excluding carboxylic acids is 2. The smallest absolute Gasteiger partial charge is 0.301 e. The minimum Gasteiger partial charge on any atom is -0.507 e. The molecule has 1 saturated heterocycles. The molecule has 41 heavy (non-hydrogen) atoms. The molecule has 3 aromatic carbocycles. The number of anilines is 1. The van der Waals surface area contributed by atoms with Gasteiger partial charge in [0, 0.05) is 11.3 Å². The molecule has 208 valence electrons. The number of nitrogens with zero attached hydrogens (tertiary/aromatic N) is 3. The van der Waals surface area contributed by atoms with Crippen molar-refractivity contribution in [1.82, 2.24) is 10.2 Å². The molecule has 0 spiro atoms. The fourth-order valence-corrected chi connectivity index (χ4v) is 6.53. The van der Waals surface area contributed by atoms with Crippen molar-refractivity contribution in [3.05, 3.63) is 95.1 Å². The summed E-state index contributed by atoms with van der Waals surface area (Å²) in [5, 5.41) is 20.3. The van der Waals surface area contributed by atoms with E-state index in [1.165, 1.54) is 28.0 Å². The van der Waals surface area contributed by atoms with Crippen LogP contribution in [-0.4, -0.2) is 46.8 Å². The summed E-state index contributed by atoms with van der Waals surface area (Å²) in [6.07, 6.45) is 0. The number of amides is 1. The van der Waals surface area contributed by atoms with Crippen LogP contribution < -0.4 is 19.1 Å². The maximum Gasteiger partial charge on any atom is 0.301 e. The van der Waals surface area contributed by atoms with Gasteiger partial charge in [-0.05, 0) is 48.4 Å². The summed E-state index contributed by atoms with van der Waals surface area (Å²) in [6.45, 7) is 3.11. The van der Waals surface area contributed by atoms with Crippen LogP contribution in [-0.2, 0) is 15.3 Å². The van der Waals surface area contributed by atoms with Crippen molar-refractivity contribution in [2.24, 2.45) is 0 Å². The molecule has 0 saturated carbocycles. The lowest BCUT2D eigenvalue weighted by atomic mass is 9.95. The largest absolute Gasteiger partial charge is 0.507 e. The lowest BCUT2D eigenvalue weighted by Crippen LogP contribution is -2.29. The third kappa shape index (κ3) is 5.38. The number of aliphatic hydroxyl groups is 1. The Morgan fingerprint density at radius 1 is 1.02 bits per heavy atom. The molecule has 0 bridgehead atoms. The van der Waals surface area contributed by atoms with Gasteiger partial charge in [-0.2, -0.15) is 0 Å². The monoisotopic (exact) mass is 587 g/mol. The van der Waals surface area contributed by atoms with Crippen LogP contribution in [0.15, 0.2) is 82.7 Å². The Kier molecular flexibility index (Phi) is 7.62. The molecule has 4 aromatic rings. The maximum atomic E-state index is 13.6. The number of aliphatic hydroxyl groups excluding tert-OH is 1. The van der Waals surface area contributed by atoms with Gasteiger partial charge in [-0.15, -0.1) is 10.2 Å². The van der Waals surface area contributed by atoms with E-state index in [1.54, 1.807) is 42.5 Å². The topological polar surface area (TPSA) is 111 Å². The number of thioether (sulfide) groups is 1. The zero-order valence-electron chi connectivity index (χ0n) is 22.0. The molecule has 0 unspecified atom stereocenters. The van der Waals surface area contributed by atoms with Crippen molar-refractivity contribution in [2.75, 3.05) is 24.7 Å². The van der Waals surface area contributed by atoms with Crippen LogP contribution in [0.1, 0.15) is 29.7 Å². The molecule has 1 aromatic heterocycles. The summed E-state index contributed by atoms with van der Waals surface area (Å²) >= 11 is 2.71. The van der Waals surface area contributed by atoms with Gasteiger partial charge in [0.05, 0.1) is 18.2 Å². The Bertz CT molecular complexity index is 1640. The van der Waals surface area contributed by atoms with Crippen molar-refractivity contribution in [1.29, 1.82) is 0 Å². The molecule has 11 heteroatoms. The molecule has 9 nitrogen and oxygen atoms in total.